The van der Waals surface area contributed by atoms with E-state index in [1.807, 2.05) is 6.92 Å². The Morgan fingerprint density at radius 2 is 2.20 bits per heavy atom. The van der Waals surface area contributed by atoms with Crippen LogP contribution in [0.2, 0.25) is 0 Å². The van der Waals surface area contributed by atoms with E-state index in [1.54, 1.807) is 7.05 Å². The van der Waals surface area contributed by atoms with Crippen LogP contribution in [0.25, 0.3) is 0 Å². The van der Waals surface area contributed by atoms with Gasteiger partial charge in [0, 0.05) is 20.1 Å². The fraction of sp³-hybridized carbons (Fsp3) is 0.857. The van der Waals surface area contributed by atoms with Crippen molar-refractivity contribution in [1.82, 2.24) is 5.32 Å². The standard InChI is InChI=1S/C7H15NO2/c1-3-5-10-6-4-7(9)8-2/h3-6H2,1-2H3,(H,8,9). The van der Waals surface area contributed by atoms with Gasteiger partial charge in [0.25, 0.3) is 0 Å². The van der Waals surface area contributed by atoms with Gasteiger partial charge in [-0.3, -0.25) is 4.79 Å². The molecule has 0 unspecified atom stereocenters. The van der Waals surface area contributed by atoms with Crippen LogP contribution in [0, 0.1) is 0 Å². The summed E-state index contributed by atoms with van der Waals surface area (Å²) in [7, 11) is 1.63. The molecule has 0 aliphatic rings. The normalized spacial score (nSPS) is 9.40. The minimum atomic E-state index is 0.0381. The van der Waals surface area contributed by atoms with E-state index in [2.05, 4.69) is 5.32 Å². The molecular formula is C7H15NO2. The predicted octanol–water partition coefficient (Wildman–Crippen LogP) is 0.549. The molecule has 1 amide bonds. The van der Waals surface area contributed by atoms with Crippen LogP contribution < -0.4 is 5.32 Å². The molecule has 0 saturated carbocycles. The summed E-state index contributed by atoms with van der Waals surface area (Å²) in [6.07, 6.45) is 1.48. The first-order valence-corrected chi connectivity index (χ1v) is 3.59. The Balaban J connectivity index is 2.96. The quantitative estimate of drug-likeness (QED) is 0.574. The van der Waals surface area contributed by atoms with Gasteiger partial charge in [0.15, 0.2) is 0 Å². The van der Waals surface area contributed by atoms with Crippen LogP contribution in [0.1, 0.15) is 19.8 Å². The lowest BCUT2D eigenvalue weighted by Crippen LogP contribution is -2.19. The third-order valence-electron chi connectivity index (χ3n) is 1.10. The third-order valence-corrected chi connectivity index (χ3v) is 1.10. The van der Waals surface area contributed by atoms with E-state index in [1.165, 1.54) is 0 Å². The first kappa shape index (κ1) is 9.43. The van der Waals surface area contributed by atoms with Gasteiger partial charge in [0.2, 0.25) is 5.91 Å². The minimum Gasteiger partial charge on any atom is -0.381 e. The summed E-state index contributed by atoms with van der Waals surface area (Å²) in [4.78, 5) is 10.6. The van der Waals surface area contributed by atoms with E-state index in [-0.39, 0.29) is 5.91 Å². The van der Waals surface area contributed by atoms with Gasteiger partial charge in [0.05, 0.1) is 6.61 Å². The maximum absolute atomic E-state index is 10.6. The first-order chi connectivity index (χ1) is 4.81. The van der Waals surface area contributed by atoms with Crippen molar-refractivity contribution in [3.05, 3.63) is 0 Å². The molecule has 0 aromatic carbocycles. The van der Waals surface area contributed by atoms with Gasteiger partial charge in [-0.25, -0.2) is 0 Å². The van der Waals surface area contributed by atoms with E-state index < -0.39 is 0 Å². The van der Waals surface area contributed by atoms with Crippen molar-refractivity contribution in [2.75, 3.05) is 20.3 Å². The summed E-state index contributed by atoms with van der Waals surface area (Å²) < 4.78 is 5.09. The van der Waals surface area contributed by atoms with Gasteiger partial charge in [0.1, 0.15) is 0 Å². The Bertz CT molecular complexity index is 93.6. The number of carbonyl (C=O) groups excluding carboxylic acids is 1. The van der Waals surface area contributed by atoms with Gasteiger partial charge >= 0.3 is 0 Å². The van der Waals surface area contributed by atoms with Crippen molar-refractivity contribution in [2.45, 2.75) is 19.8 Å². The summed E-state index contributed by atoms with van der Waals surface area (Å²) in [5.74, 6) is 0.0381. The van der Waals surface area contributed by atoms with E-state index in [0.717, 1.165) is 13.0 Å². The number of carbonyl (C=O) groups is 1. The van der Waals surface area contributed by atoms with E-state index >= 15 is 0 Å². The van der Waals surface area contributed by atoms with Crippen LogP contribution in [-0.2, 0) is 9.53 Å². The van der Waals surface area contributed by atoms with Crippen LogP contribution in [0.3, 0.4) is 0 Å². The van der Waals surface area contributed by atoms with Crippen LogP contribution in [0.5, 0.6) is 0 Å². The molecule has 0 aromatic heterocycles. The van der Waals surface area contributed by atoms with Crippen molar-refractivity contribution in [3.63, 3.8) is 0 Å². The monoisotopic (exact) mass is 145 g/mol. The number of amides is 1. The zero-order valence-corrected chi connectivity index (χ0v) is 6.64. The van der Waals surface area contributed by atoms with Crippen LogP contribution >= 0.6 is 0 Å². The molecule has 0 aromatic rings. The zero-order chi connectivity index (χ0) is 7.82. The summed E-state index contributed by atoms with van der Waals surface area (Å²) in [5.41, 5.74) is 0. The van der Waals surface area contributed by atoms with Gasteiger partial charge < -0.3 is 10.1 Å². The van der Waals surface area contributed by atoms with Crippen molar-refractivity contribution in [3.8, 4) is 0 Å². The highest BCUT2D eigenvalue weighted by Crippen LogP contribution is 1.84. The molecule has 0 spiro atoms. The zero-order valence-electron chi connectivity index (χ0n) is 6.64. The Kier molecular flexibility index (Phi) is 6.18. The summed E-state index contributed by atoms with van der Waals surface area (Å²) in [6.45, 7) is 3.32. The number of nitrogens with one attached hydrogen (secondary N) is 1. The molecule has 0 bridgehead atoms. The second-order valence-corrected chi connectivity index (χ2v) is 2.04. The molecule has 0 rings (SSSR count). The SMILES string of the molecule is CCCOCCC(=O)NC. The molecule has 0 radical (unpaired) electrons. The molecule has 0 fully saturated rings. The average molecular weight is 145 g/mol. The van der Waals surface area contributed by atoms with Gasteiger partial charge in [-0.2, -0.15) is 0 Å². The Hall–Kier alpha value is -0.570. The van der Waals surface area contributed by atoms with Crippen molar-refractivity contribution >= 4 is 5.91 Å². The second-order valence-electron chi connectivity index (χ2n) is 2.04. The minimum absolute atomic E-state index is 0.0381. The Morgan fingerprint density at radius 1 is 1.50 bits per heavy atom. The molecule has 10 heavy (non-hydrogen) atoms. The fourth-order valence-electron chi connectivity index (χ4n) is 0.536. The van der Waals surface area contributed by atoms with Crippen LogP contribution in [-0.4, -0.2) is 26.2 Å². The molecule has 0 saturated heterocycles. The summed E-state index contributed by atoms with van der Waals surface area (Å²) >= 11 is 0. The highest BCUT2D eigenvalue weighted by molar-refractivity contribution is 5.75. The lowest BCUT2D eigenvalue weighted by molar-refractivity contribution is -0.121. The molecular weight excluding hydrogens is 130 g/mol. The first-order valence-electron chi connectivity index (χ1n) is 3.59. The molecule has 60 valence electrons. The largest absolute Gasteiger partial charge is 0.381 e. The molecule has 3 heteroatoms. The van der Waals surface area contributed by atoms with E-state index in [9.17, 15) is 4.79 Å². The maximum atomic E-state index is 10.6. The molecule has 0 aliphatic heterocycles. The Labute approximate surface area is 61.8 Å². The summed E-state index contributed by atoms with van der Waals surface area (Å²) in [6, 6.07) is 0. The summed E-state index contributed by atoms with van der Waals surface area (Å²) in [5, 5.41) is 2.52. The molecule has 1 N–H and O–H groups in total. The lowest BCUT2D eigenvalue weighted by Gasteiger charge is -2.00. The lowest BCUT2D eigenvalue weighted by atomic mass is 10.4. The van der Waals surface area contributed by atoms with E-state index in [4.69, 9.17) is 4.74 Å². The number of ether oxygens (including phenoxy) is 1. The smallest absolute Gasteiger partial charge is 0.222 e. The predicted molar refractivity (Wildman–Crippen MR) is 39.8 cm³/mol. The van der Waals surface area contributed by atoms with E-state index in [0.29, 0.717) is 13.0 Å². The highest BCUT2D eigenvalue weighted by Gasteiger charge is 1.95. The number of rotatable bonds is 5. The Morgan fingerprint density at radius 3 is 2.70 bits per heavy atom. The molecule has 3 nitrogen and oxygen atoms in total. The number of hydrogen-bond acceptors (Lipinski definition) is 2. The fourth-order valence-corrected chi connectivity index (χ4v) is 0.536. The van der Waals surface area contributed by atoms with Crippen LogP contribution in [0.15, 0.2) is 0 Å². The van der Waals surface area contributed by atoms with Crippen molar-refractivity contribution in [2.24, 2.45) is 0 Å². The van der Waals surface area contributed by atoms with Gasteiger partial charge in [-0.1, -0.05) is 6.92 Å². The van der Waals surface area contributed by atoms with Gasteiger partial charge in [-0.05, 0) is 6.42 Å². The highest BCUT2D eigenvalue weighted by atomic mass is 16.5. The molecule has 0 heterocycles. The average Bonchev–Trinajstić information content (AvgIpc) is 1.98. The number of hydrogen-bond donors (Lipinski definition) is 1. The third kappa shape index (κ3) is 5.56. The molecule has 0 aliphatic carbocycles. The topological polar surface area (TPSA) is 38.3 Å². The van der Waals surface area contributed by atoms with Crippen molar-refractivity contribution in [1.29, 1.82) is 0 Å². The molecule has 0 atom stereocenters. The van der Waals surface area contributed by atoms with Crippen LogP contribution in [0.4, 0.5) is 0 Å². The van der Waals surface area contributed by atoms with Gasteiger partial charge in [-0.15, -0.1) is 0 Å². The van der Waals surface area contributed by atoms with Crippen molar-refractivity contribution < 1.29 is 9.53 Å². The maximum Gasteiger partial charge on any atom is 0.222 e. The second kappa shape index (κ2) is 6.55.